The monoisotopic (exact) mass is 619 g/mol. The van der Waals surface area contributed by atoms with E-state index in [4.69, 9.17) is 25.8 Å². The van der Waals surface area contributed by atoms with E-state index < -0.39 is 22.5 Å². The van der Waals surface area contributed by atoms with Crippen molar-refractivity contribution in [3.63, 3.8) is 0 Å². The van der Waals surface area contributed by atoms with Crippen LogP contribution in [0.4, 0.5) is 5.69 Å². The van der Waals surface area contributed by atoms with E-state index in [0.717, 1.165) is 16.9 Å². The number of nitro benzene ring substituents is 1. The van der Waals surface area contributed by atoms with Crippen LogP contribution in [0.25, 0.3) is 6.08 Å². The van der Waals surface area contributed by atoms with Crippen LogP contribution in [0.5, 0.6) is 11.5 Å². The molecule has 0 fully saturated rings. The molecule has 0 spiro atoms. The number of esters is 1. The smallest absolute Gasteiger partial charge is 0.338 e. The minimum atomic E-state index is -0.840. The third-order valence-electron chi connectivity index (χ3n) is 6.74. The fraction of sp³-hybridized carbons (Fsp3) is 0.194. The molecule has 43 heavy (non-hydrogen) atoms. The van der Waals surface area contributed by atoms with Crippen molar-refractivity contribution in [2.75, 3.05) is 13.7 Å². The van der Waals surface area contributed by atoms with Crippen molar-refractivity contribution < 1.29 is 23.9 Å². The van der Waals surface area contributed by atoms with Crippen molar-refractivity contribution >= 4 is 40.7 Å². The molecule has 0 aliphatic carbocycles. The molecule has 0 radical (unpaired) electrons. The van der Waals surface area contributed by atoms with Crippen LogP contribution in [-0.2, 0) is 16.1 Å². The van der Waals surface area contributed by atoms with Crippen LogP contribution in [0.15, 0.2) is 87.8 Å². The van der Waals surface area contributed by atoms with Crippen LogP contribution < -0.4 is 24.4 Å². The van der Waals surface area contributed by atoms with E-state index in [1.807, 2.05) is 30.3 Å². The summed E-state index contributed by atoms with van der Waals surface area (Å²) in [6.45, 7) is 3.69. The molecule has 0 amide bonds. The molecule has 2 heterocycles. The number of aromatic nitrogens is 1. The number of rotatable bonds is 9. The molecule has 1 aromatic heterocycles. The highest BCUT2D eigenvalue weighted by Gasteiger charge is 2.33. The highest BCUT2D eigenvalue weighted by atomic mass is 35.5. The molecular formula is C31H26ClN3O7S. The molecule has 0 unspecified atom stereocenters. The number of hydrogen-bond donors (Lipinski definition) is 0. The Morgan fingerprint density at radius 2 is 1.86 bits per heavy atom. The van der Waals surface area contributed by atoms with Gasteiger partial charge in [-0.1, -0.05) is 65.4 Å². The fourth-order valence-corrected chi connectivity index (χ4v) is 5.90. The van der Waals surface area contributed by atoms with Crippen LogP contribution in [0, 0.1) is 10.1 Å². The first-order chi connectivity index (χ1) is 20.7. The first-order valence-corrected chi connectivity index (χ1v) is 14.4. The van der Waals surface area contributed by atoms with Crippen LogP contribution in [0.3, 0.4) is 0 Å². The number of allylic oxidation sites excluding steroid dienone is 1. The number of hydrogen-bond acceptors (Lipinski definition) is 9. The largest absolute Gasteiger partial charge is 0.493 e. The SMILES string of the molecule is CCOC(=O)C1=C(C)N=c2s/c(=C/c3cc(OC)c(OCc4ccccc4)cc3[N+](=O)[O-])c(=O)n2[C@H]1c1ccc(Cl)cc1. The number of thiazole rings is 1. The van der Waals surface area contributed by atoms with Gasteiger partial charge in [-0.25, -0.2) is 9.79 Å². The van der Waals surface area contributed by atoms with Gasteiger partial charge in [0.15, 0.2) is 16.3 Å². The summed E-state index contributed by atoms with van der Waals surface area (Å²) >= 11 is 7.17. The summed E-state index contributed by atoms with van der Waals surface area (Å²) < 4.78 is 18.2. The Kier molecular flexibility index (Phi) is 8.74. The van der Waals surface area contributed by atoms with E-state index in [-0.39, 0.29) is 46.1 Å². The summed E-state index contributed by atoms with van der Waals surface area (Å²) in [5, 5.41) is 12.6. The predicted molar refractivity (Wildman–Crippen MR) is 162 cm³/mol. The molecule has 0 saturated heterocycles. The van der Waals surface area contributed by atoms with Gasteiger partial charge in [0.2, 0.25) is 0 Å². The minimum absolute atomic E-state index is 0.142. The van der Waals surface area contributed by atoms with E-state index in [1.54, 1.807) is 38.1 Å². The van der Waals surface area contributed by atoms with Gasteiger partial charge in [-0.2, -0.15) is 0 Å². The van der Waals surface area contributed by atoms with Gasteiger partial charge >= 0.3 is 5.97 Å². The van der Waals surface area contributed by atoms with E-state index in [9.17, 15) is 19.7 Å². The minimum Gasteiger partial charge on any atom is -0.493 e. The zero-order valence-electron chi connectivity index (χ0n) is 23.4. The number of benzene rings is 3. The van der Waals surface area contributed by atoms with E-state index in [2.05, 4.69) is 4.99 Å². The molecule has 1 aliphatic rings. The molecule has 1 aliphatic heterocycles. The molecule has 5 rings (SSSR count). The maximum absolute atomic E-state index is 13.9. The molecule has 4 aromatic rings. The van der Waals surface area contributed by atoms with Crippen molar-refractivity contribution in [1.82, 2.24) is 4.57 Å². The number of nitro groups is 1. The normalized spacial score (nSPS) is 14.6. The van der Waals surface area contributed by atoms with Gasteiger partial charge in [0.05, 0.1) is 52.1 Å². The lowest BCUT2D eigenvalue weighted by atomic mass is 9.96. The first-order valence-electron chi connectivity index (χ1n) is 13.2. The van der Waals surface area contributed by atoms with Gasteiger partial charge in [0.25, 0.3) is 11.2 Å². The van der Waals surface area contributed by atoms with Gasteiger partial charge in [-0.05, 0) is 49.2 Å². The molecule has 0 N–H and O–H groups in total. The molecule has 3 aromatic carbocycles. The molecular weight excluding hydrogens is 594 g/mol. The lowest BCUT2D eigenvalue weighted by molar-refractivity contribution is -0.385. The molecule has 12 heteroatoms. The van der Waals surface area contributed by atoms with Crippen LogP contribution in [0.2, 0.25) is 5.02 Å². The lowest BCUT2D eigenvalue weighted by Gasteiger charge is -2.24. The summed E-state index contributed by atoms with van der Waals surface area (Å²) in [4.78, 5) is 43.4. The molecule has 0 bridgehead atoms. The van der Waals surface area contributed by atoms with Crippen molar-refractivity contribution in [3.05, 3.63) is 130 Å². The Morgan fingerprint density at radius 1 is 1.14 bits per heavy atom. The topological polar surface area (TPSA) is 122 Å². The van der Waals surface area contributed by atoms with Gasteiger partial charge in [0.1, 0.15) is 6.61 Å². The van der Waals surface area contributed by atoms with Crippen LogP contribution in [-0.4, -0.2) is 29.2 Å². The van der Waals surface area contributed by atoms with Crippen LogP contribution >= 0.6 is 22.9 Å². The number of carbonyl (C=O) groups excluding carboxylic acids is 1. The second-order valence-electron chi connectivity index (χ2n) is 9.45. The highest BCUT2D eigenvalue weighted by molar-refractivity contribution is 7.07. The van der Waals surface area contributed by atoms with E-state index in [0.29, 0.717) is 21.1 Å². The van der Waals surface area contributed by atoms with Gasteiger partial charge in [0, 0.05) is 5.02 Å². The zero-order chi connectivity index (χ0) is 30.7. The maximum atomic E-state index is 13.9. The Morgan fingerprint density at radius 3 is 2.51 bits per heavy atom. The van der Waals surface area contributed by atoms with E-state index >= 15 is 0 Å². The molecule has 1 atom stereocenters. The van der Waals surface area contributed by atoms with Crippen LogP contribution in [0.1, 0.15) is 36.6 Å². The second kappa shape index (κ2) is 12.6. The summed E-state index contributed by atoms with van der Waals surface area (Å²) in [5.74, 6) is -0.140. The van der Waals surface area contributed by atoms with Gasteiger partial charge in [-0.15, -0.1) is 0 Å². The zero-order valence-corrected chi connectivity index (χ0v) is 25.0. The van der Waals surface area contributed by atoms with Crippen molar-refractivity contribution in [2.45, 2.75) is 26.5 Å². The third kappa shape index (κ3) is 6.08. The van der Waals surface area contributed by atoms with E-state index in [1.165, 1.54) is 29.9 Å². The molecule has 0 saturated carbocycles. The summed E-state index contributed by atoms with van der Waals surface area (Å²) in [7, 11) is 1.43. The van der Waals surface area contributed by atoms with Crippen molar-refractivity contribution in [2.24, 2.45) is 4.99 Å². The maximum Gasteiger partial charge on any atom is 0.338 e. The number of carbonyl (C=O) groups is 1. The third-order valence-corrected chi connectivity index (χ3v) is 7.97. The Balaban J connectivity index is 1.64. The predicted octanol–water partition coefficient (Wildman–Crippen LogP) is 4.95. The fourth-order valence-electron chi connectivity index (χ4n) is 4.74. The Labute approximate surface area is 254 Å². The Bertz CT molecular complexity index is 1920. The molecule has 220 valence electrons. The first kappa shape index (κ1) is 29.7. The standard InChI is InChI=1S/C31H26ClN3O7S/c1-4-41-30(37)27-18(2)33-31-34(28(27)20-10-12-22(32)13-11-20)29(36)26(43-31)15-21-14-24(40-3)25(16-23(21)35(38)39)42-17-19-8-6-5-7-9-19/h5-16,28H,4,17H2,1-3H3/b26-15+/t28-/m0/s1. The summed E-state index contributed by atoms with van der Waals surface area (Å²) in [6, 6.07) is 18.1. The van der Waals surface area contributed by atoms with Crippen molar-refractivity contribution in [3.8, 4) is 11.5 Å². The number of fused-ring (bicyclic) bond motifs is 1. The summed E-state index contributed by atoms with van der Waals surface area (Å²) in [6.07, 6.45) is 1.42. The average Bonchev–Trinajstić information content (AvgIpc) is 3.30. The van der Waals surface area contributed by atoms with Crippen molar-refractivity contribution in [1.29, 1.82) is 0 Å². The second-order valence-corrected chi connectivity index (χ2v) is 10.9. The lowest BCUT2D eigenvalue weighted by Crippen LogP contribution is -2.39. The molecule has 10 nitrogen and oxygen atoms in total. The number of ether oxygens (including phenoxy) is 3. The quantitative estimate of drug-likeness (QED) is 0.148. The number of halogens is 1. The number of nitrogens with zero attached hydrogens (tertiary/aromatic N) is 3. The van der Waals surface area contributed by atoms with Gasteiger partial charge in [-0.3, -0.25) is 19.5 Å². The van der Waals surface area contributed by atoms with Gasteiger partial charge < -0.3 is 14.2 Å². The average molecular weight is 620 g/mol. The Hall–Kier alpha value is -4.74. The highest BCUT2D eigenvalue weighted by Crippen LogP contribution is 2.36. The number of methoxy groups -OCH3 is 1. The summed E-state index contributed by atoms with van der Waals surface area (Å²) in [5.41, 5.74) is 1.52.